The molecule has 0 saturated heterocycles. The van der Waals surface area contributed by atoms with Crippen LogP contribution in [0.3, 0.4) is 0 Å². The number of hydrogen-bond acceptors (Lipinski definition) is 3. The van der Waals surface area contributed by atoms with Gasteiger partial charge < -0.3 is 15.2 Å². The largest absolute Gasteiger partial charge is 0.496 e. The maximum atomic E-state index is 12.3. The van der Waals surface area contributed by atoms with E-state index in [0.29, 0.717) is 16.5 Å². The van der Waals surface area contributed by atoms with Gasteiger partial charge in [-0.05, 0) is 36.4 Å². The Morgan fingerprint density at radius 2 is 1.82 bits per heavy atom. The zero-order valence-corrected chi connectivity index (χ0v) is 12.9. The molecule has 0 bridgehead atoms. The van der Waals surface area contributed by atoms with Crippen LogP contribution in [0.25, 0.3) is 0 Å². The highest BCUT2D eigenvalue weighted by molar-refractivity contribution is 6.34. The van der Waals surface area contributed by atoms with Crippen molar-refractivity contribution in [3.8, 4) is 5.75 Å². The number of halogens is 2. The second kappa shape index (κ2) is 6.68. The number of hydrogen-bond donors (Lipinski definition) is 2. The number of ether oxygens (including phenoxy) is 1. The van der Waals surface area contributed by atoms with Crippen molar-refractivity contribution in [2.45, 2.75) is 0 Å². The molecule has 2 N–H and O–H groups in total. The van der Waals surface area contributed by atoms with Crippen LogP contribution in [0.2, 0.25) is 10.0 Å². The highest BCUT2D eigenvalue weighted by Crippen LogP contribution is 2.25. The number of methoxy groups -OCH3 is 1. The van der Waals surface area contributed by atoms with Gasteiger partial charge in [0.15, 0.2) is 0 Å². The lowest BCUT2D eigenvalue weighted by Gasteiger charge is -2.10. The normalized spacial score (nSPS) is 10.1. The Morgan fingerprint density at radius 3 is 2.41 bits per heavy atom. The van der Waals surface area contributed by atoms with Gasteiger partial charge in [0, 0.05) is 10.7 Å². The molecule has 22 heavy (non-hydrogen) atoms. The molecule has 1 amide bonds. The SMILES string of the molecule is COc1ccc(Cl)cc1C(=O)Nc1ccc(C(=O)O)c(Cl)c1. The number of carbonyl (C=O) groups excluding carboxylic acids is 1. The van der Waals surface area contributed by atoms with Gasteiger partial charge in [-0.2, -0.15) is 0 Å². The Kier molecular flexibility index (Phi) is 4.90. The Morgan fingerprint density at radius 1 is 1.09 bits per heavy atom. The zero-order chi connectivity index (χ0) is 16.3. The lowest BCUT2D eigenvalue weighted by Crippen LogP contribution is -2.13. The van der Waals surface area contributed by atoms with E-state index >= 15 is 0 Å². The molecule has 0 radical (unpaired) electrons. The molecule has 2 rings (SSSR count). The summed E-state index contributed by atoms with van der Waals surface area (Å²) in [5.41, 5.74) is 0.579. The minimum atomic E-state index is -1.14. The second-order valence-electron chi connectivity index (χ2n) is 4.30. The summed E-state index contributed by atoms with van der Waals surface area (Å²) in [4.78, 5) is 23.2. The Hall–Kier alpha value is -2.24. The lowest BCUT2D eigenvalue weighted by molar-refractivity contribution is 0.0697. The number of benzene rings is 2. The van der Waals surface area contributed by atoms with Gasteiger partial charge in [-0.3, -0.25) is 4.79 Å². The van der Waals surface area contributed by atoms with Gasteiger partial charge in [0.1, 0.15) is 5.75 Å². The first-order chi connectivity index (χ1) is 10.4. The summed E-state index contributed by atoms with van der Waals surface area (Å²) in [5.74, 6) is -1.21. The van der Waals surface area contributed by atoms with Gasteiger partial charge in [0.05, 0.1) is 23.3 Å². The molecular formula is C15H11Cl2NO4. The molecule has 0 atom stereocenters. The third-order valence-corrected chi connectivity index (χ3v) is 3.41. The van der Waals surface area contributed by atoms with Gasteiger partial charge >= 0.3 is 5.97 Å². The van der Waals surface area contributed by atoms with Crippen LogP contribution in [-0.4, -0.2) is 24.1 Å². The predicted octanol–water partition coefficient (Wildman–Crippen LogP) is 3.95. The first-order valence-electron chi connectivity index (χ1n) is 6.10. The Balaban J connectivity index is 2.28. The van der Waals surface area contributed by atoms with E-state index in [4.69, 9.17) is 33.0 Å². The number of amides is 1. The van der Waals surface area contributed by atoms with E-state index in [1.54, 1.807) is 12.1 Å². The van der Waals surface area contributed by atoms with Gasteiger partial charge in [-0.25, -0.2) is 4.79 Å². The van der Waals surface area contributed by atoms with Crippen LogP contribution in [0.15, 0.2) is 36.4 Å². The molecular weight excluding hydrogens is 329 g/mol. The number of carboxylic acids is 1. The molecule has 7 heteroatoms. The van der Waals surface area contributed by atoms with E-state index in [1.165, 1.54) is 31.4 Å². The third kappa shape index (κ3) is 3.50. The first-order valence-corrected chi connectivity index (χ1v) is 6.85. The molecule has 0 unspecified atom stereocenters. The highest BCUT2D eigenvalue weighted by atomic mass is 35.5. The van der Waals surface area contributed by atoms with Gasteiger partial charge in [-0.15, -0.1) is 0 Å². The summed E-state index contributed by atoms with van der Waals surface area (Å²) < 4.78 is 5.11. The molecule has 0 aliphatic rings. The summed E-state index contributed by atoms with van der Waals surface area (Å²) in [6.45, 7) is 0. The number of anilines is 1. The van der Waals surface area contributed by atoms with E-state index in [0.717, 1.165) is 0 Å². The molecule has 0 aliphatic heterocycles. The van der Waals surface area contributed by atoms with Crippen molar-refractivity contribution in [1.29, 1.82) is 0 Å². The standard InChI is InChI=1S/C15H11Cl2NO4/c1-22-13-5-2-8(16)6-11(13)14(19)18-9-3-4-10(15(20)21)12(17)7-9/h2-7H,1H3,(H,18,19)(H,20,21). The molecule has 0 saturated carbocycles. The van der Waals surface area contributed by atoms with Crippen molar-refractivity contribution in [1.82, 2.24) is 0 Å². The van der Waals surface area contributed by atoms with Crippen LogP contribution in [0.5, 0.6) is 5.75 Å². The quantitative estimate of drug-likeness (QED) is 0.884. The van der Waals surface area contributed by atoms with Crippen LogP contribution in [-0.2, 0) is 0 Å². The Bertz CT molecular complexity index is 746. The maximum Gasteiger partial charge on any atom is 0.337 e. The summed E-state index contributed by atoms with van der Waals surface area (Å²) in [5, 5.41) is 11.9. The number of carbonyl (C=O) groups is 2. The van der Waals surface area contributed by atoms with Crippen molar-refractivity contribution in [3.05, 3.63) is 57.6 Å². The molecule has 0 heterocycles. The van der Waals surface area contributed by atoms with Crippen molar-refractivity contribution in [2.75, 3.05) is 12.4 Å². The smallest absolute Gasteiger partial charge is 0.337 e. The van der Waals surface area contributed by atoms with Crippen molar-refractivity contribution >= 4 is 40.8 Å². The van der Waals surface area contributed by atoms with Crippen molar-refractivity contribution in [3.63, 3.8) is 0 Å². The fraction of sp³-hybridized carbons (Fsp3) is 0.0667. The maximum absolute atomic E-state index is 12.3. The third-order valence-electron chi connectivity index (χ3n) is 2.86. The highest BCUT2D eigenvalue weighted by Gasteiger charge is 2.15. The van der Waals surface area contributed by atoms with E-state index in [1.807, 2.05) is 0 Å². The number of nitrogens with one attached hydrogen (secondary N) is 1. The number of rotatable bonds is 4. The molecule has 2 aromatic carbocycles. The van der Waals surface area contributed by atoms with Crippen molar-refractivity contribution in [2.24, 2.45) is 0 Å². The molecule has 0 aliphatic carbocycles. The lowest BCUT2D eigenvalue weighted by atomic mass is 10.1. The van der Waals surface area contributed by atoms with Gasteiger partial charge in [0.2, 0.25) is 0 Å². The summed E-state index contributed by atoms with van der Waals surface area (Å²) in [7, 11) is 1.44. The molecule has 0 fully saturated rings. The first kappa shape index (κ1) is 16.1. The molecule has 5 nitrogen and oxygen atoms in total. The molecule has 114 valence electrons. The Labute approximate surface area is 136 Å². The molecule has 2 aromatic rings. The average Bonchev–Trinajstić information content (AvgIpc) is 2.46. The fourth-order valence-corrected chi connectivity index (χ4v) is 2.26. The molecule has 0 aromatic heterocycles. The van der Waals surface area contributed by atoms with E-state index < -0.39 is 11.9 Å². The topological polar surface area (TPSA) is 75.6 Å². The van der Waals surface area contributed by atoms with Crippen LogP contribution in [0, 0.1) is 0 Å². The predicted molar refractivity (Wildman–Crippen MR) is 84.4 cm³/mol. The summed E-state index contributed by atoms with van der Waals surface area (Å²) in [6.07, 6.45) is 0. The minimum absolute atomic E-state index is 0.0309. The number of aromatic carboxylic acids is 1. The monoisotopic (exact) mass is 339 g/mol. The minimum Gasteiger partial charge on any atom is -0.496 e. The van der Waals surface area contributed by atoms with Crippen LogP contribution in [0.1, 0.15) is 20.7 Å². The summed E-state index contributed by atoms with van der Waals surface area (Å²) >= 11 is 11.7. The average molecular weight is 340 g/mol. The van der Waals surface area contributed by atoms with E-state index in [2.05, 4.69) is 5.32 Å². The molecule has 0 spiro atoms. The second-order valence-corrected chi connectivity index (χ2v) is 5.14. The van der Waals surface area contributed by atoms with E-state index in [9.17, 15) is 9.59 Å². The van der Waals surface area contributed by atoms with E-state index in [-0.39, 0.29) is 16.1 Å². The number of carboxylic acid groups (broad SMARTS) is 1. The zero-order valence-electron chi connectivity index (χ0n) is 11.4. The van der Waals surface area contributed by atoms with Crippen LogP contribution < -0.4 is 10.1 Å². The van der Waals surface area contributed by atoms with Crippen LogP contribution >= 0.6 is 23.2 Å². The van der Waals surface area contributed by atoms with Crippen molar-refractivity contribution < 1.29 is 19.4 Å². The van der Waals surface area contributed by atoms with Gasteiger partial charge in [-0.1, -0.05) is 23.2 Å². The van der Waals surface area contributed by atoms with Gasteiger partial charge in [0.25, 0.3) is 5.91 Å². The fourth-order valence-electron chi connectivity index (χ4n) is 1.82. The summed E-state index contributed by atoms with van der Waals surface area (Å²) in [6, 6.07) is 8.79. The van der Waals surface area contributed by atoms with Crippen LogP contribution in [0.4, 0.5) is 5.69 Å².